The highest BCUT2D eigenvalue weighted by Gasteiger charge is 2.33. The van der Waals surface area contributed by atoms with Gasteiger partial charge in [0.15, 0.2) is 0 Å². The fraction of sp³-hybridized carbons (Fsp3) is 0.933. The summed E-state index contributed by atoms with van der Waals surface area (Å²) in [5.74, 6) is 0.207. The van der Waals surface area contributed by atoms with Gasteiger partial charge in [-0.05, 0) is 51.6 Å². The second kappa shape index (κ2) is 7.25. The minimum absolute atomic E-state index is 0.207. The summed E-state index contributed by atoms with van der Waals surface area (Å²) < 4.78 is 0. The lowest BCUT2D eigenvalue weighted by Crippen LogP contribution is -2.48. The Kier molecular flexibility index (Phi) is 5.64. The summed E-state index contributed by atoms with van der Waals surface area (Å²) in [5, 5.41) is 6.74. The van der Waals surface area contributed by atoms with Crippen LogP contribution < -0.4 is 10.6 Å². The summed E-state index contributed by atoms with van der Waals surface area (Å²) in [7, 11) is 0. The highest BCUT2D eigenvalue weighted by atomic mass is 16.2. The largest absolute Gasteiger partial charge is 0.352 e. The van der Waals surface area contributed by atoms with Gasteiger partial charge in [-0.15, -0.1) is 0 Å². The molecule has 2 aliphatic heterocycles. The van der Waals surface area contributed by atoms with Gasteiger partial charge in [-0.1, -0.05) is 13.8 Å². The van der Waals surface area contributed by atoms with Crippen LogP contribution in [0, 0.1) is 0 Å². The number of hydrogen-bond acceptors (Lipinski definition) is 3. The highest BCUT2D eigenvalue weighted by molar-refractivity contribution is 5.78. The van der Waals surface area contributed by atoms with E-state index in [2.05, 4.69) is 29.4 Å². The van der Waals surface area contributed by atoms with Gasteiger partial charge >= 0.3 is 0 Å². The average molecular weight is 267 g/mol. The molecule has 0 aromatic heterocycles. The topological polar surface area (TPSA) is 44.4 Å². The summed E-state index contributed by atoms with van der Waals surface area (Å²) in [6.45, 7) is 7.08. The molecule has 2 unspecified atom stereocenters. The summed E-state index contributed by atoms with van der Waals surface area (Å²) in [6, 6.07) is 1.54. The standard InChI is InChI=1S/C15H29N3O/c1-3-12(4-2)17-15(19)11-18-10-6-8-14(18)13-7-5-9-16-13/h12-14,16H,3-11H2,1-2H3,(H,17,19). The molecule has 2 heterocycles. The molecule has 0 aromatic rings. The molecule has 0 radical (unpaired) electrons. The van der Waals surface area contributed by atoms with Gasteiger partial charge in [-0.2, -0.15) is 0 Å². The molecule has 4 heteroatoms. The lowest BCUT2D eigenvalue weighted by molar-refractivity contribution is -0.123. The van der Waals surface area contributed by atoms with Crippen molar-refractivity contribution in [1.29, 1.82) is 0 Å². The fourth-order valence-electron chi connectivity index (χ4n) is 3.49. The molecule has 0 bridgehead atoms. The molecule has 110 valence electrons. The number of rotatable bonds is 6. The first kappa shape index (κ1) is 14.8. The van der Waals surface area contributed by atoms with Crippen LogP contribution in [0.4, 0.5) is 0 Å². The average Bonchev–Trinajstić information content (AvgIpc) is 3.05. The van der Waals surface area contributed by atoms with E-state index in [0.29, 0.717) is 24.7 Å². The molecule has 0 spiro atoms. The smallest absolute Gasteiger partial charge is 0.234 e. The second-order valence-corrected chi connectivity index (χ2v) is 5.96. The van der Waals surface area contributed by atoms with Gasteiger partial charge in [-0.25, -0.2) is 0 Å². The van der Waals surface area contributed by atoms with E-state index >= 15 is 0 Å². The molecule has 2 rings (SSSR count). The van der Waals surface area contributed by atoms with E-state index in [-0.39, 0.29) is 5.91 Å². The van der Waals surface area contributed by atoms with Crippen LogP contribution in [-0.4, -0.2) is 48.6 Å². The molecule has 2 atom stereocenters. The zero-order chi connectivity index (χ0) is 13.7. The van der Waals surface area contributed by atoms with Crippen molar-refractivity contribution in [3.8, 4) is 0 Å². The van der Waals surface area contributed by atoms with E-state index in [9.17, 15) is 4.79 Å². The molecule has 2 aliphatic rings. The Balaban J connectivity index is 1.81. The second-order valence-electron chi connectivity index (χ2n) is 5.96. The van der Waals surface area contributed by atoms with Crippen LogP contribution in [0.25, 0.3) is 0 Å². The minimum Gasteiger partial charge on any atom is -0.352 e. The highest BCUT2D eigenvalue weighted by Crippen LogP contribution is 2.24. The minimum atomic E-state index is 0.207. The van der Waals surface area contributed by atoms with Crippen molar-refractivity contribution in [3.05, 3.63) is 0 Å². The predicted molar refractivity (Wildman–Crippen MR) is 78.1 cm³/mol. The molecule has 2 N–H and O–H groups in total. The Morgan fingerprint density at radius 2 is 2.11 bits per heavy atom. The van der Waals surface area contributed by atoms with Gasteiger partial charge in [0.25, 0.3) is 0 Å². The third-order valence-corrected chi connectivity index (χ3v) is 4.67. The van der Waals surface area contributed by atoms with E-state index in [0.717, 1.165) is 25.9 Å². The van der Waals surface area contributed by atoms with Crippen LogP contribution in [0.5, 0.6) is 0 Å². The summed E-state index contributed by atoms with van der Waals surface area (Å²) in [6.07, 6.45) is 7.09. The Morgan fingerprint density at radius 1 is 1.32 bits per heavy atom. The van der Waals surface area contributed by atoms with Crippen molar-refractivity contribution in [1.82, 2.24) is 15.5 Å². The fourth-order valence-corrected chi connectivity index (χ4v) is 3.49. The van der Waals surface area contributed by atoms with Gasteiger partial charge in [0.2, 0.25) is 5.91 Å². The zero-order valence-corrected chi connectivity index (χ0v) is 12.5. The van der Waals surface area contributed by atoms with Gasteiger partial charge in [0.1, 0.15) is 0 Å². The van der Waals surface area contributed by atoms with Gasteiger partial charge in [0.05, 0.1) is 6.54 Å². The lowest BCUT2D eigenvalue weighted by Gasteiger charge is -2.29. The maximum atomic E-state index is 12.1. The summed E-state index contributed by atoms with van der Waals surface area (Å²) >= 11 is 0. The molecule has 2 fully saturated rings. The molecule has 2 saturated heterocycles. The zero-order valence-electron chi connectivity index (χ0n) is 12.5. The first-order valence-corrected chi connectivity index (χ1v) is 8.01. The van der Waals surface area contributed by atoms with E-state index in [1.807, 2.05) is 0 Å². The van der Waals surface area contributed by atoms with Crippen LogP contribution in [0.1, 0.15) is 52.4 Å². The molecule has 4 nitrogen and oxygen atoms in total. The van der Waals surface area contributed by atoms with Crippen molar-refractivity contribution in [2.75, 3.05) is 19.6 Å². The van der Waals surface area contributed by atoms with Crippen LogP contribution in [0.2, 0.25) is 0 Å². The molecule has 19 heavy (non-hydrogen) atoms. The summed E-state index contributed by atoms with van der Waals surface area (Å²) in [4.78, 5) is 14.5. The van der Waals surface area contributed by atoms with E-state index in [1.165, 1.54) is 25.7 Å². The molecular formula is C15H29N3O. The maximum absolute atomic E-state index is 12.1. The quantitative estimate of drug-likeness (QED) is 0.767. The predicted octanol–water partition coefficient (Wildman–Crippen LogP) is 1.51. The number of nitrogens with zero attached hydrogens (tertiary/aromatic N) is 1. The van der Waals surface area contributed by atoms with Gasteiger partial charge in [0, 0.05) is 18.1 Å². The van der Waals surface area contributed by atoms with Gasteiger partial charge in [-0.3, -0.25) is 9.69 Å². The SMILES string of the molecule is CCC(CC)NC(=O)CN1CCCC1C1CCCN1. The number of amides is 1. The normalized spacial score (nSPS) is 28.2. The van der Waals surface area contributed by atoms with Crippen molar-refractivity contribution in [2.24, 2.45) is 0 Å². The maximum Gasteiger partial charge on any atom is 0.234 e. The van der Waals surface area contributed by atoms with Gasteiger partial charge < -0.3 is 10.6 Å². The number of carbonyl (C=O) groups is 1. The van der Waals surface area contributed by atoms with Crippen LogP contribution in [0.3, 0.4) is 0 Å². The molecule has 0 aromatic carbocycles. The van der Waals surface area contributed by atoms with Crippen molar-refractivity contribution < 1.29 is 4.79 Å². The van der Waals surface area contributed by atoms with E-state index in [4.69, 9.17) is 0 Å². The first-order valence-electron chi connectivity index (χ1n) is 8.01. The summed E-state index contributed by atoms with van der Waals surface area (Å²) in [5.41, 5.74) is 0. The number of nitrogens with one attached hydrogen (secondary N) is 2. The third-order valence-electron chi connectivity index (χ3n) is 4.67. The molecule has 0 saturated carbocycles. The molecule has 1 amide bonds. The molecular weight excluding hydrogens is 238 g/mol. The van der Waals surface area contributed by atoms with E-state index in [1.54, 1.807) is 0 Å². The monoisotopic (exact) mass is 267 g/mol. The Morgan fingerprint density at radius 3 is 2.74 bits per heavy atom. The Labute approximate surface area is 117 Å². The van der Waals surface area contributed by atoms with Crippen molar-refractivity contribution in [3.63, 3.8) is 0 Å². The van der Waals surface area contributed by atoms with Crippen LogP contribution in [-0.2, 0) is 4.79 Å². The molecule has 0 aliphatic carbocycles. The third kappa shape index (κ3) is 3.93. The lowest BCUT2D eigenvalue weighted by atomic mass is 10.0. The van der Waals surface area contributed by atoms with Crippen LogP contribution in [0.15, 0.2) is 0 Å². The van der Waals surface area contributed by atoms with Crippen molar-refractivity contribution in [2.45, 2.75) is 70.5 Å². The Bertz CT molecular complexity index is 285. The van der Waals surface area contributed by atoms with Crippen molar-refractivity contribution >= 4 is 5.91 Å². The van der Waals surface area contributed by atoms with E-state index < -0.39 is 0 Å². The first-order chi connectivity index (χ1) is 9.24. The Hall–Kier alpha value is -0.610. The van der Waals surface area contributed by atoms with Crippen LogP contribution >= 0.6 is 0 Å². The number of carbonyl (C=O) groups excluding carboxylic acids is 1. The number of likely N-dealkylation sites (tertiary alicyclic amines) is 1. The number of hydrogen-bond donors (Lipinski definition) is 2.